The summed E-state index contributed by atoms with van der Waals surface area (Å²) < 4.78 is 1.60. The van der Waals surface area contributed by atoms with Gasteiger partial charge in [-0.05, 0) is 66.9 Å². The van der Waals surface area contributed by atoms with Gasteiger partial charge >= 0.3 is 5.97 Å². The number of carboxylic acid groups (broad SMARTS) is 1. The maximum absolute atomic E-state index is 13.6. The maximum Gasteiger partial charge on any atom is 0.303 e. The van der Waals surface area contributed by atoms with Crippen LogP contribution in [0, 0.1) is 6.92 Å². The van der Waals surface area contributed by atoms with Crippen molar-refractivity contribution >= 4 is 29.2 Å². The third kappa shape index (κ3) is 5.64. The van der Waals surface area contributed by atoms with Crippen molar-refractivity contribution in [2.75, 3.05) is 22.5 Å². The Labute approximate surface area is 224 Å². The second kappa shape index (κ2) is 10.8. The van der Waals surface area contributed by atoms with Crippen LogP contribution in [0.3, 0.4) is 0 Å². The summed E-state index contributed by atoms with van der Waals surface area (Å²) in [4.78, 5) is 47.5. The van der Waals surface area contributed by atoms with Crippen LogP contribution in [0.15, 0.2) is 71.8 Å². The summed E-state index contributed by atoms with van der Waals surface area (Å²) in [7, 11) is 0. The number of nitrogens with one attached hydrogen (secondary N) is 1. The number of hydrogen-bond donors (Lipinski definition) is 3. The number of nitrogen functional groups attached to an aromatic ring is 1. The molecule has 1 aliphatic rings. The number of rotatable bonds is 7. The maximum atomic E-state index is 13.6. The molecule has 0 fully saturated rings. The van der Waals surface area contributed by atoms with Gasteiger partial charge in [0.15, 0.2) is 0 Å². The normalized spacial score (nSPS) is 12.6. The molecule has 0 saturated heterocycles. The van der Waals surface area contributed by atoms with Crippen LogP contribution in [0.1, 0.15) is 39.2 Å². The van der Waals surface area contributed by atoms with Crippen molar-refractivity contribution in [2.45, 2.75) is 32.7 Å². The predicted octanol–water partition coefficient (Wildman–Crippen LogP) is 3.35. The van der Waals surface area contributed by atoms with E-state index < -0.39 is 5.97 Å². The Kier molecular flexibility index (Phi) is 7.09. The molecule has 2 aromatic heterocycles. The smallest absolute Gasteiger partial charge is 0.303 e. The number of carbonyl (C=O) groups excluding carboxylic acids is 1. The van der Waals surface area contributed by atoms with Gasteiger partial charge in [-0.15, -0.1) is 0 Å². The zero-order valence-electron chi connectivity index (χ0n) is 21.4. The van der Waals surface area contributed by atoms with E-state index in [1.54, 1.807) is 65.5 Å². The van der Waals surface area contributed by atoms with Crippen LogP contribution in [-0.4, -0.2) is 38.1 Å². The lowest BCUT2D eigenvalue weighted by atomic mass is 10.1. The predicted molar refractivity (Wildman–Crippen MR) is 148 cm³/mol. The molecule has 4 N–H and O–H groups in total. The summed E-state index contributed by atoms with van der Waals surface area (Å²) in [6.45, 7) is 3.10. The quantitative estimate of drug-likeness (QED) is 0.334. The molecule has 1 amide bonds. The minimum atomic E-state index is -0.859. The van der Waals surface area contributed by atoms with E-state index in [1.807, 2.05) is 13.0 Å². The average Bonchev–Trinajstić information content (AvgIpc) is 2.93. The first kappa shape index (κ1) is 25.7. The largest absolute Gasteiger partial charge is 0.481 e. The molecule has 0 spiro atoms. The molecule has 2 aromatic carbocycles. The number of aliphatic carboxylic acids is 1. The highest BCUT2D eigenvalue weighted by molar-refractivity contribution is 6.04. The lowest BCUT2D eigenvalue weighted by Gasteiger charge is -2.30. The number of nitrogens with two attached hydrogens (primary N) is 1. The van der Waals surface area contributed by atoms with Crippen LogP contribution in [-0.2, 0) is 24.2 Å². The van der Waals surface area contributed by atoms with Crippen molar-refractivity contribution in [3.05, 3.63) is 105 Å². The Bertz CT molecular complexity index is 1600. The van der Waals surface area contributed by atoms with E-state index in [1.165, 1.54) is 0 Å². The van der Waals surface area contributed by atoms with Gasteiger partial charge in [0.2, 0.25) is 5.95 Å². The van der Waals surface area contributed by atoms with E-state index in [0.29, 0.717) is 48.6 Å². The minimum Gasteiger partial charge on any atom is -0.481 e. The Hall–Kier alpha value is -4.99. The van der Waals surface area contributed by atoms with Gasteiger partial charge < -0.3 is 21.1 Å². The second-order valence-electron chi connectivity index (χ2n) is 9.49. The van der Waals surface area contributed by atoms with E-state index in [0.717, 1.165) is 22.4 Å². The number of fused-ring (bicyclic) bond motifs is 1. The van der Waals surface area contributed by atoms with Crippen molar-refractivity contribution in [3.8, 4) is 5.69 Å². The highest BCUT2D eigenvalue weighted by atomic mass is 16.4. The number of aromatic nitrogens is 3. The first-order valence-electron chi connectivity index (χ1n) is 12.6. The lowest BCUT2D eigenvalue weighted by Crippen LogP contribution is -2.37. The zero-order chi connectivity index (χ0) is 27.5. The number of nitrogens with zero attached hydrogens (tertiary/aromatic N) is 4. The minimum absolute atomic E-state index is 0.0416. The topological polar surface area (TPSA) is 143 Å². The van der Waals surface area contributed by atoms with E-state index in [-0.39, 0.29) is 23.8 Å². The number of anilines is 3. The second-order valence-corrected chi connectivity index (χ2v) is 9.49. The zero-order valence-corrected chi connectivity index (χ0v) is 21.4. The molecule has 4 aromatic rings. The van der Waals surface area contributed by atoms with Crippen molar-refractivity contribution < 1.29 is 14.7 Å². The number of aryl methyl sites for hydroxylation is 2. The number of carbonyl (C=O) groups is 2. The van der Waals surface area contributed by atoms with Gasteiger partial charge in [0.25, 0.3) is 11.5 Å². The van der Waals surface area contributed by atoms with Crippen molar-refractivity contribution in [3.63, 3.8) is 0 Å². The Morgan fingerprint density at radius 2 is 1.82 bits per heavy atom. The number of pyridine rings is 1. The van der Waals surface area contributed by atoms with Gasteiger partial charge in [-0.25, -0.2) is 9.97 Å². The van der Waals surface area contributed by atoms with Gasteiger partial charge in [0.05, 0.1) is 5.69 Å². The Balaban J connectivity index is 1.31. The van der Waals surface area contributed by atoms with Crippen LogP contribution in [0.5, 0.6) is 0 Å². The molecule has 1 aliphatic heterocycles. The van der Waals surface area contributed by atoms with E-state index in [9.17, 15) is 14.4 Å². The molecule has 3 heterocycles. The summed E-state index contributed by atoms with van der Waals surface area (Å²) in [5.41, 5.74) is 11.6. The standard InChI is InChI=1S/C29H28N6O4/c1-18-12-15-35(28(39)26(18)34-14-13-24-21(17-34)16-31-29(30)33-24)23-9-7-22(8-10-23)32-27(38)20-5-2-19(3-6-20)4-11-25(36)37/h2-3,5-10,12,15-16H,4,11,13-14,17H2,1H3,(H,32,38)(H,36,37)(H2,30,31,33). The number of hydrogen-bond acceptors (Lipinski definition) is 7. The Morgan fingerprint density at radius 1 is 1.08 bits per heavy atom. The molecule has 0 aliphatic carbocycles. The molecule has 0 unspecified atom stereocenters. The molecular weight excluding hydrogens is 496 g/mol. The molecule has 10 heteroatoms. The molecule has 198 valence electrons. The van der Waals surface area contributed by atoms with Gasteiger partial charge in [0.1, 0.15) is 5.69 Å². The van der Waals surface area contributed by atoms with Crippen molar-refractivity contribution in [1.82, 2.24) is 14.5 Å². The van der Waals surface area contributed by atoms with Gasteiger partial charge in [-0.3, -0.25) is 19.0 Å². The van der Waals surface area contributed by atoms with Crippen molar-refractivity contribution in [2.24, 2.45) is 0 Å². The average molecular weight is 525 g/mol. The summed E-state index contributed by atoms with van der Waals surface area (Å²) in [6.07, 6.45) is 4.60. The number of carboxylic acids is 1. The SMILES string of the molecule is Cc1ccn(-c2ccc(NC(=O)c3ccc(CCC(=O)O)cc3)cc2)c(=O)c1N1CCc2nc(N)ncc2C1. The van der Waals surface area contributed by atoms with Crippen LogP contribution in [0.25, 0.3) is 5.69 Å². The highest BCUT2D eigenvalue weighted by Gasteiger charge is 2.23. The fourth-order valence-corrected chi connectivity index (χ4v) is 4.71. The van der Waals surface area contributed by atoms with E-state index in [2.05, 4.69) is 20.2 Å². The molecule has 10 nitrogen and oxygen atoms in total. The third-order valence-corrected chi connectivity index (χ3v) is 6.78. The van der Waals surface area contributed by atoms with Crippen molar-refractivity contribution in [1.29, 1.82) is 0 Å². The third-order valence-electron chi connectivity index (χ3n) is 6.78. The molecule has 0 bridgehead atoms. The van der Waals surface area contributed by atoms with Crippen LogP contribution >= 0.6 is 0 Å². The van der Waals surface area contributed by atoms with Crippen LogP contribution in [0.4, 0.5) is 17.3 Å². The van der Waals surface area contributed by atoms with E-state index >= 15 is 0 Å². The molecular formula is C29H28N6O4. The number of benzene rings is 2. The fraction of sp³-hybridized carbons (Fsp3) is 0.207. The van der Waals surface area contributed by atoms with Gasteiger partial charge in [-0.2, -0.15) is 0 Å². The molecule has 0 radical (unpaired) electrons. The Morgan fingerprint density at radius 3 is 2.54 bits per heavy atom. The molecule has 39 heavy (non-hydrogen) atoms. The molecule has 5 rings (SSSR count). The van der Waals surface area contributed by atoms with E-state index in [4.69, 9.17) is 10.8 Å². The first-order chi connectivity index (χ1) is 18.8. The highest BCUT2D eigenvalue weighted by Crippen LogP contribution is 2.24. The van der Waals surface area contributed by atoms with Crippen LogP contribution in [0.2, 0.25) is 0 Å². The molecule has 0 atom stereocenters. The van der Waals surface area contributed by atoms with Gasteiger partial charge in [-0.1, -0.05) is 12.1 Å². The summed E-state index contributed by atoms with van der Waals surface area (Å²) >= 11 is 0. The summed E-state index contributed by atoms with van der Waals surface area (Å²) in [5.74, 6) is -0.882. The first-order valence-corrected chi connectivity index (χ1v) is 12.6. The fourth-order valence-electron chi connectivity index (χ4n) is 4.71. The summed E-state index contributed by atoms with van der Waals surface area (Å²) in [5, 5.41) is 11.7. The molecule has 0 saturated carbocycles. The monoisotopic (exact) mass is 524 g/mol. The summed E-state index contributed by atoms with van der Waals surface area (Å²) in [6, 6.07) is 15.8. The lowest BCUT2D eigenvalue weighted by molar-refractivity contribution is -0.136. The number of amides is 1. The van der Waals surface area contributed by atoms with Crippen LogP contribution < -0.4 is 21.5 Å². The van der Waals surface area contributed by atoms with Gasteiger partial charge in [0, 0.05) is 60.8 Å².